The zero-order valence-corrected chi connectivity index (χ0v) is 6.84. The van der Waals surface area contributed by atoms with E-state index in [2.05, 4.69) is 0 Å². The molecule has 0 saturated heterocycles. The van der Waals surface area contributed by atoms with Crippen molar-refractivity contribution in [3.05, 3.63) is 11.1 Å². The van der Waals surface area contributed by atoms with Crippen LogP contribution < -0.4 is 5.73 Å². The van der Waals surface area contributed by atoms with Crippen molar-refractivity contribution in [3.8, 4) is 0 Å². The minimum absolute atomic E-state index is 0.798. The summed E-state index contributed by atoms with van der Waals surface area (Å²) in [7, 11) is 0. The van der Waals surface area contributed by atoms with Crippen LogP contribution in [-0.4, -0.2) is 6.54 Å². The van der Waals surface area contributed by atoms with Crippen molar-refractivity contribution < 1.29 is 0 Å². The van der Waals surface area contributed by atoms with E-state index >= 15 is 0 Å². The third kappa shape index (κ3) is 0.572. The molecule has 60 valence electrons. The predicted octanol–water partition coefficient (Wildman–Crippen LogP) is 1.69. The summed E-state index contributed by atoms with van der Waals surface area (Å²) in [5, 5.41) is 0. The molecule has 0 radical (unpaired) electrons. The summed E-state index contributed by atoms with van der Waals surface area (Å²) >= 11 is 0. The first kappa shape index (κ1) is 6.24. The Morgan fingerprint density at radius 3 is 2.73 bits per heavy atom. The van der Waals surface area contributed by atoms with Crippen LogP contribution in [0, 0.1) is 17.8 Å². The van der Waals surface area contributed by atoms with Crippen molar-refractivity contribution in [3.63, 3.8) is 0 Å². The van der Waals surface area contributed by atoms with Crippen molar-refractivity contribution >= 4 is 0 Å². The summed E-state index contributed by atoms with van der Waals surface area (Å²) in [4.78, 5) is 0. The minimum Gasteiger partial charge on any atom is -0.330 e. The highest BCUT2D eigenvalue weighted by Gasteiger charge is 2.50. The SMILES string of the molecule is NCC1CCC2C1=C1CCC12. The van der Waals surface area contributed by atoms with Gasteiger partial charge in [-0.15, -0.1) is 0 Å². The van der Waals surface area contributed by atoms with Crippen LogP contribution in [0.3, 0.4) is 0 Å². The second kappa shape index (κ2) is 1.89. The topological polar surface area (TPSA) is 26.0 Å². The molecule has 0 aromatic carbocycles. The predicted molar refractivity (Wildman–Crippen MR) is 45.0 cm³/mol. The molecule has 1 nitrogen and oxygen atoms in total. The van der Waals surface area contributed by atoms with Crippen LogP contribution in [0.5, 0.6) is 0 Å². The zero-order chi connectivity index (χ0) is 7.42. The highest BCUT2D eigenvalue weighted by atomic mass is 14.6. The van der Waals surface area contributed by atoms with Crippen LogP contribution in [0.2, 0.25) is 0 Å². The Morgan fingerprint density at radius 2 is 2.09 bits per heavy atom. The van der Waals surface area contributed by atoms with E-state index in [0.29, 0.717) is 0 Å². The number of rotatable bonds is 1. The third-order valence-corrected chi connectivity index (χ3v) is 3.98. The number of hydrogen-bond acceptors (Lipinski definition) is 1. The molecule has 2 N–H and O–H groups in total. The molecule has 3 atom stereocenters. The Balaban J connectivity index is 1.94. The van der Waals surface area contributed by atoms with Crippen molar-refractivity contribution in [1.29, 1.82) is 0 Å². The summed E-state index contributed by atoms with van der Waals surface area (Å²) in [5.41, 5.74) is 9.35. The monoisotopic (exact) mass is 149 g/mol. The maximum absolute atomic E-state index is 5.72. The van der Waals surface area contributed by atoms with E-state index in [1.807, 2.05) is 11.1 Å². The van der Waals surface area contributed by atoms with Crippen LogP contribution in [0.4, 0.5) is 0 Å². The lowest BCUT2D eigenvalue weighted by molar-refractivity contribution is 0.266. The van der Waals surface area contributed by atoms with Gasteiger partial charge in [-0.05, 0) is 50.0 Å². The van der Waals surface area contributed by atoms with Gasteiger partial charge in [0.2, 0.25) is 0 Å². The fraction of sp³-hybridized carbons (Fsp3) is 0.800. The molecule has 0 bridgehead atoms. The largest absolute Gasteiger partial charge is 0.330 e. The fourth-order valence-corrected chi connectivity index (χ4v) is 3.32. The maximum Gasteiger partial charge on any atom is -0.00113 e. The Kier molecular flexibility index (Phi) is 1.07. The van der Waals surface area contributed by atoms with Gasteiger partial charge in [-0.2, -0.15) is 0 Å². The van der Waals surface area contributed by atoms with E-state index in [-0.39, 0.29) is 0 Å². The highest BCUT2D eigenvalue weighted by Crippen LogP contribution is 2.61. The number of allylic oxidation sites excluding steroid dienone is 1. The molecule has 0 amide bonds. The first-order valence-electron chi connectivity index (χ1n) is 4.84. The summed E-state index contributed by atoms with van der Waals surface area (Å²) in [6.07, 6.45) is 5.73. The van der Waals surface area contributed by atoms with Crippen LogP contribution in [-0.2, 0) is 0 Å². The van der Waals surface area contributed by atoms with E-state index in [1.165, 1.54) is 25.7 Å². The molecule has 0 aromatic heterocycles. The second-order valence-electron chi connectivity index (χ2n) is 4.24. The molecule has 2 saturated carbocycles. The van der Waals surface area contributed by atoms with Crippen LogP contribution in [0.15, 0.2) is 11.1 Å². The molecule has 0 aliphatic heterocycles. The van der Waals surface area contributed by atoms with Crippen molar-refractivity contribution in [2.75, 3.05) is 6.54 Å². The number of hydrogen-bond donors (Lipinski definition) is 1. The third-order valence-electron chi connectivity index (χ3n) is 3.98. The molecule has 3 aliphatic carbocycles. The average molecular weight is 149 g/mol. The normalized spacial score (nSPS) is 46.1. The van der Waals surface area contributed by atoms with Gasteiger partial charge in [-0.1, -0.05) is 11.1 Å². The van der Waals surface area contributed by atoms with Gasteiger partial charge in [0.25, 0.3) is 0 Å². The Labute approximate surface area is 67.7 Å². The summed E-state index contributed by atoms with van der Waals surface area (Å²) in [6.45, 7) is 0.905. The van der Waals surface area contributed by atoms with Gasteiger partial charge >= 0.3 is 0 Å². The molecule has 3 aliphatic rings. The lowest BCUT2D eigenvalue weighted by Gasteiger charge is -2.48. The molecular weight excluding hydrogens is 134 g/mol. The standard InChI is InChI=1S/C10H15N/c11-5-6-1-2-8-7-3-4-9(7)10(6)8/h6-8H,1-5,11H2. The maximum atomic E-state index is 5.72. The Morgan fingerprint density at radius 1 is 1.18 bits per heavy atom. The van der Waals surface area contributed by atoms with Gasteiger partial charge in [0, 0.05) is 0 Å². The van der Waals surface area contributed by atoms with Gasteiger partial charge in [-0.25, -0.2) is 0 Å². The van der Waals surface area contributed by atoms with Gasteiger partial charge in [0.1, 0.15) is 0 Å². The zero-order valence-electron chi connectivity index (χ0n) is 6.84. The summed E-state index contributed by atoms with van der Waals surface area (Å²) < 4.78 is 0. The lowest BCUT2D eigenvalue weighted by Crippen LogP contribution is -2.37. The Hall–Kier alpha value is -0.300. The van der Waals surface area contributed by atoms with E-state index < -0.39 is 0 Å². The molecular formula is C10H15N. The van der Waals surface area contributed by atoms with Crippen LogP contribution >= 0.6 is 0 Å². The van der Waals surface area contributed by atoms with Crippen molar-refractivity contribution in [1.82, 2.24) is 0 Å². The molecule has 11 heavy (non-hydrogen) atoms. The van der Waals surface area contributed by atoms with E-state index in [4.69, 9.17) is 5.73 Å². The smallest absolute Gasteiger partial charge is 0.00113 e. The average Bonchev–Trinajstić information content (AvgIpc) is 2.30. The van der Waals surface area contributed by atoms with Crippen LogP contribution in [0.1, 0.15) is 25.7 Å². The summed E-state index contributed by atoms with van der Waals surface area (Å²) in [5.74, 6) is 2.85. The minimum atomic E-state index is 0.798. The first-order chi connectivity index (χ1) is 5.42. The van der Waals surface area contributed by atoms with E-state index in [9.17, 15) is 0 Å². The molecule has 0 heterocycles. The van der Waals surface area contributed by atoms with Gasteiger partial charge in [-0.3, -0.25) is 0 Å². The molecule has 3 unspecified atom stereocenters. The molecule has 3 rings (SSSR count). The second-order valence-corrected chi connectivity index (χ2v) is 4.24. The quantitative estimate of drug-likeness (QED) is 0.564. The van der Waals surface area contributed by atoms with Gasteiger partial charge in [0.05, 0.1) is 0 Å². The lowest BCUT2D eigenvalue weighted by atomic mass is 9.57. The molecule has 2 fully saturated rings. The van der Waals surface area contributed by atoms with E-state index in [1.54, 1.807) is 0 Å². The molecule has 1 heteroatoms. The van der Waals surface area contributed by atoms with Gasteiger partial charge < -0.3 is 5.73 Å². The number of fused-ring (bicyclic) bond motifs is 3. The van der Waals surface area contributed by atoms with Crippen molar-refractivity contribution in [2.45, 2.75) is 25.7 Å². The molecule has 0 aromatic rings. The number of nitrogens with two attached hydrogens (primary N) is 1. The summed E-state index contributed by atoms with van der Waals surface area (Å²) in [6, 6.07) is 0. The first-order valence-corrected chi connectivity index (χ1v) is 4.84. The highest BCUT2D eigenvalue weighted by molar-refractivity contribution is 5.41. The Bertz CT molecular complexity index is 229. The van der Waals surface area contributed by atoms with Gasteiger partial charge in [0.15, 0.2) is 0 Å². The van der Waals surface area contributed by atoms with Crippen molar-refractivity contribution in [2.24, 2.45) is 23.5 Å². The molecule has 0 spiro atoms. The van der Waals surface area contributed by atoms with E-state index in [0.717, 1.165) is 24.3 Å². The fourth-order valence-electron chi connectivity index (χ4n) is 3.32. The van der Waals surface area contributed by atoms with Crippen LogP contribution in [0.25, 0.3) is 0 Å².